The fourth-order valence-corrected chi connectivity index (χ4v) is 2.30. The largest absolute Gasteiger partial charge is 0.392 e. The maximum atomic E-state index is 11.6. The van der Waals surface area contributed by atoms with Crippen LogP contribution in [0.1, 0.15) is 34.6 Å². The molecule has 0 saturated carbocycles. The van der Waals surface area contributed by atoms with E-state index in [0.29, 0.717) is 5.70 Å². The number of aliphatic hydroxyl groups is 2. The van der Waals surface area contributed by atoms with Gasteiger partial charge in [0, 0.05) is 30.4 Å². The highest BCUT2D eigenvalue weighted by Gasteiger charge is 2.25. The fraction of sp³-hybridized carbons (Fsp3) is 0.526. The van der Waals surface area contributed by atoms with Gasteiger partial charge in [0.1, 0.15) is 6.61 Å². The van der Waals surface area contributed by atoms with Crippen molar-refractivity contribution < 1.29 is 15.0 Å². The van der Waals surface area contributed by atoms with Crippen LogP contribution in [0.2, 0.25) is 0 Å². The second kappa shape index (κ2) is 11.0. The van der Waals surface area contributed by atoms with Crippen molar-refractivity contribution in [2.45, 2.75) is 40.7 Å². The van der Waals surface area contributed by atoms with Crippen molar-refractivity contribution in [2.24, 2.45) is 11.8 Å². The lowest BCUT2D eigenvalue weighted by Gasteiger charge is -2.31. The topological polar surface area (TPSA) is 60.8 Å². The van der Waals surface area contributed by atoms with Gasteiger partial charge in [-0.3, -0.25) is 4.79 Å². The summed E-state index contributed by atoms with van der Waals surface area (Å²) in [5, 5.41) is 19.3. The Morgan fingerprint density at radius 3 is 2.13 bits per heavy atom. The molecular formula is C19H31NO3. The molecule has 130 valence electrons. The number of nitrogens with zero attached hydrogens (tertiary/aromatic N) is 1. The van der Waals surface area contributed by atoms with Crippen LogP contribution in [-0.2, 0) is 4.79 Å². The fourth-order valence-electron chi connectivity index (χ4n) is 2.30. The number of benzene rings is 1. The molecule has 1 aromatic carbocycles. The Balaban J connectivity index is 0.00000232. The number of aliphatic hydroxyl groups excluding tert-OH is 2. The van der Waals surface area contributed by atoms with Gasteiger partial charge in [0.2, 0.25) is 0 Å². The van der Waals surface area contributed by atoms with Crippen LogP contribution in [0.15, 0.2) is 42.1 Å². The molecule has 0 heterocycles. The molecule has 0 aliphatic carbocycles. The minimum atomic E-state index is -0.561. The Bertz CT molecular complexity index is 483. The molecule has 0 spiro atoms. The van der Waals surface area contributed by atoms with Crippen LogP contribution in [0.3, 0.4) is 0 Å². The predicted octanol–water partition coefficient (Wildman–Crippen LogP) is 3.25. The molecule has 2 N–H and O–H groups in total. The van der Waals surface area contributed by atoms with Crippen LogP contribution in [-0.4, -0.2) is 35.8 Å². The highest BCUT2D eigenvalue weighted by Crippen LogP contribution is 2.27. The minimum Gasteiger partial charge on any atom is -0.392 e. The van der Waals surface area contributed by atoms with Gasteiger partial charge >= 0.3 is 0 Å². The van der Waals surface area contributed by atoms with E-state index in [-0.39, 0.29) is 17.6 Å². The molecule has 2 unspecified atom stereocenters. The maximum absolute atomic E-state index is 11.6. The van der Waals surface area contributed by atoms with Gasteiger partial charge in [0.25, 0.3) is 0 Å². The number of ketones is 1. The van der Waals surface area contributed by atoms with E-state index in [1.54, 1.807) is 0 Å². The minimum absolute atomic E-state index is 0.0804. The van der Waals surface area contributed by atoms with Crippen molar-refractivity contribution in [3.63, 3.8) is 0 Å². The van der Waals surface area contributed by atoms with Gasteiger partial charge in [-0.1, -0.05) is 52.8 Å². The summed E-state index contributed by atoms with van der Waals surface area (Å²) in [6, 6.07) is 9.63. The Morgan fingerprint density at radius 1 is 1.17 bits per heavy atom. The Labute approximate surface area is 140 Å². The van der Waals surface area contributed by atoms with Crippen LogP contribution >= 0.6 is 0 Å². The summed E-state index contributed by atoms with van der Waals surface area (Å²) in [6.07, 6.45) is 0.859. The van der Waals surface area contributed by atoms with Crippen molar-refractivity contribution in [1.29, 1.82) is 0 Å². The molecule has 0 bridgehead atoms. The van der Waals surface area contributed by atoms with E-state index >= 15 is 0 Å². The predicted molar refractivity (Wildman–Crippen MR) is 96.4 cm³/mol. The third kappa shape index (κ3) is 6.55. The van der Waals surface area contributed by atoms with E-state index in [9.17, 15) is 9.90 Å². The van der Waals surface area contributed by atoms with Crippen LogP contribution < -0.4 is 4.90 Å². The molecule has 0 aliphatic heterocycles. The number of hydrogen-bond acceptors (Lipinski definition) is 4. The summed E-state index contributed by atoms with van der Waals surface area (Å²) in [7, 11) is 1.86. The van der Waals surface area contributed by atoms with Crippen LogP contribution in [0.25, 0.3) is 0 Å². The maximum Gasteiger partial charge on any atom is 0.182 e. The lowest BCUT2D eigenvalue weighted by Crippen LogP contribution is -2.32. The molecule has 4 nitrogen and oxygen atoms in total. The first-order valence-electron chi connectivity index (χ1n) is 8.20. The van der Waals surface area contributed by atoms with Crippen molar-refractivity contribution in [2.75, 3.05) is 18.6 Å². The number of hydrogen-bond donors (Lipinski definition) is 2. The summed E-state index contributed by atoms with van der Waals surface area (Å²) < 4.78 is 0. The summed E-state index contributed by atoms with van der Waals surface area (Å²) in [5.41, 5.74) is 1.62. The first-order valence-corrected chi connectivity index (χ1v) is 8.20. The first-order chi connectivity index (χ1) is 10.9. The van der Waals surface area contributed by atoms with Crippen LogP contribution in [0, 0.1) is 11.8 Å². The molecule has 0 amide bonds. The number of carbonyl (C=O) groups excluding carboxylic acids is 1. The van der Waals surface area contributed by atoms with Crippen LogP contribution in [0.5, 0.6) is 0 Å². The van der Waals surface area contributed by atoms with E-state index < -0.39 is 12.7 Å². The van der Waals surface area contributed by atoms with Crippen molar-refractivity contribution in [3.8, 4) is 0 Å². The molecule has 0 fully saturated rings. The quantitative estimate of drug-likeness (QED) is 0.757. The zero-order valence-corrected chi connectivity index (χ0v) is 15.2. The molecule has 0 saturated heterocycles. The highest BCUT2D eigenvalue weighted by atomic mass is 16.3. The third-order valence-electron chi connectivity index (χ3n) is 3.66. The zero-order valence-electron chi connectivity index (χ0n) is 15.2. The number of para-hydroxylation sites is 1. The Morgan fingerprint density at radius 2 is 1.70 bits per heavy atom. The lowest BCUT2D eigenvalue weighted by atomic mass is 9.90. The van der Waals surface area contributed by atoms with Gasteiger partial charge < -0.3 is 15.1 Å². The smallest absolute Gasteiger partial charge is 0.182 e. The van der Waals surface area contributed by atoms with Crippen molar-refractivity contribution >= 4 is 11.5 Å². The van der Waals surface area contributed by atoms with E-state index in [1.807, 2.05) is 76.9 Å². The Kier molecular flexibility index (Phi) is 10.2. The van der Waals surface area contributed by atoms with Gasteiger partial charge in [0.15, 0.2) is 5.78 Å². The normalized spacial score (nSPS) is 13.9. The number of rotatable bonds is 7. The molecule has 4 heteroatoms. The molecule has 2 atom stereocenters. The lowest BCUT2D eigenvalue weighted by molar-refractivity contribution is -0.117. The van der Waals surface area contributed by atoms with Crippen molar-refractivity contribution in [1.82, 2.24) is 0 Å². The van der Waals surface area contributed by atoms with Gasteiger partial charge in [-0.2, -0.15) is 0 Å². The average molecular weight is 321 g/mol. The van der Waals surface area contributed by atoms with E-state index in [4.69, 9.17) is 5.11 Å². The van der Waals surface area contributed by atoms with Gasteiger partial charge in [-0.15, -0.1) is 0 Å². The van der Waals surface area contributed by atoms with Crippen molar-refractivity contribution in [3.05, 3.63) is 42.1 Å². The van der Waals surface area contributed by atoms with E-state index in [0.717, 1.165) is 5.69 Å². The zero-order chi connectivity index (χ0) is 18.0. The van der Waals surface area contributed by atoms with Gasteiger partial charge in [-0.05, 0) is 18.1 Å². The Hall–Kier alpha value is -1.65. The van der Waals surface area contributed by atoms with E-state index in [2.05, 4.69) is 0 Å². The number of carbonyl (C=O) groups is 1. The molecular weight excluding hydrogens is 290 g/mol. The third-order valence-corrected chi connectivity index (χ3v) is 3.66. The summed E-state index contributed by atoms with van der Waals surface area (Å²) in [5.74, 6) is -0.502. The summed E-state index contributed by atoms with van der Waals surface area (Å²) >= 11 is 0. The molecule has 1 aromatic rings. The number of anilines is 1. The molecule has 0 radical (unpaired) electrons. The first kappa shape index (κ1) is 21.4. The molecule has 23 heavy (non-hydrogen) atoms. The highest BCUT2D eigenvalue weighted by molar-refractivity contribution is 5.91. The molecule has 1 rings (SSSR count). The monoisotopic (exact) mass is 321 g/mol. The molecule has 0 aromatic heterocycles. The summed E-state index contributed by atoms with van der Waals surface area (Å²) in [4.78, 5) is 13.5. The average Bonchev–Trinajstić information content (AvgIpc) is 2.59. The standard InChI is InChI=1S/C17H25NO3.C2H6/c1-12(2)17(21)13(3)16(10-15(20)11-19)18(4)14-8-6-5-7-9-14;1-2/h5-10,12-13,17,19,21H,11H2,1-4H3;1-2H3/b16-10-;. The second-order valence-electron chi connectivity index (χ2n) is 5.61. The summed E-state index contributed by atoms with van der Waals surface area (Å²) in [6.45, 7) is 9.24. The van der Waals surface area contributed by atoms with Gasteiger partial charge in [0.05, 0.1) is 6.10 Å². The second-order valence-corrected chi connectivity index (χ2v) is 5.61. The van der Waals surface area contributed by atoms with Crippen LogP contribution in [0.4, 0.5) is 5.69 Å². The van der Waals surface area contributed by atoms with Gasteiger partial charge in [-0.25, -0.2) is 0 Å². The SMILES string of the molecule is CC.CC(C)C(O)C(C)/C(=C/C(=O)CO)N(C)c1ccccc1. The molecule has 0 aliphatic rings. The van der Waals surface area contributed by atoms with E-state index in [1.165, 1.54) is 6.08 Å².